The lowest BCUT2D eigenvalue weighted by molar-refractivity contribution is -0.111. The Hall–Kier alpha value is 0.177. The molecule has 0 radical (unpaired) electrons. The van der Waals surface area contributed by atoms with Gasteiger partial charge in [-0.2, -0.15) is 0 Å². The Morgan fingerprint density at radius 1 is 1.45 bits per heavy atom. The Morgan fingerprint density at radius 3 is 2.36 bits per heavy atom. The molecule has 0 aliphatic rings. The molecule has 0 saturated carbocycles. The summed E-state index contributed by atoms with van der Waals surface area (Å²) in [6.07, 6.45) is 3.16. The van der Waals surface area contributed by atoms with E-state index in [4.69, 9.17) is 11.6 Å². The van der Waals surface area contributed by atoms with Crippen LogP contribution in [0.5, 0.6) is 0 Å². The second-order valence-corrected chi connectivity index (χ2v) is 5.79. The van der Waals surface area contributed by atoms with E-state index in [0.29, 0.717) is 6.42 Å². The van der Waals surface area contributed by atoms with Crippen LogP contribution in [0.25, 0.3) is 0 Å². The first-order valence-corrected chi connectivity index (χ1v) is 6.58. The maximum atomic E-state index is 10.4. The average Bonchev–Trinajstić information content (AvgIpc) is 1.98. The smallest absolute Gasteiger partial charge is 0.221 e. The molecule has 0 heterocycles. The molecule has 0 spiro atoms. The first-order valence-electron chi connectivity index (χ1n) is 4.39. The highest BCUT2D eigenvalue weighted by molar-refractivity contribution is 6.64. The molecule has 0 amide bonds. The third-order valence-corrected chi connectivity index (χ3v) is 5.06. The third kappa shape index (κ3) is 6.57. The standard InChI is InChI=1S/C8H17ClOSi/c1-3-7(4-2)11-6-5-8(9)10/h7H,3-6,11H2,1-2H3. The monoisotopic (exact) mass is 192 g/mol. The van der Waals surface area contributed by atoms with E-state index < -0.39 is 0 Å². The summed E-state index contributed by atoms with van der Waals surface area (Å²) in [6.45, 7) is 4.45. The zero-order valence-electron chi connectivity index (χ0n) is 7.40. The molecule has 0 unspecified atom stereocenters. The Bertz CT molecular complexity index is 113. The summed E-state index contributed by atoms with van der Waals surface area (Å²) in [5, 5.41) is -0.163. The summed E-state index contributed by atoms with van der Waals surface area (Å²) < 4.78 is 0. The number of rotatable bonds is 6. The van der Waals surface area contributed by atoms with E-state index in [2.05, 4.69) is 13.8 Å². The van der Waals surface area contributed by atoms with Crippen molar-refractivity contribution in [3.8, 4) is 0 Å². The van der Waals surface area contributed by atoms with Crippen molar-refractivity contribution in [1.29, 1.82) is 0 Å². The Labute approximate surface area is 76.3 Å². The predicted molar refractivity (Wildman–Crippen MR) is 53.2 cm³/mol. The fraction of sp³-hybridized carbons (Fsp3) is 0.875. The maximum absolute atomic E-state index is 10.4. The summed E-state index contributed by atoms with van der Waals surface area (Å²) in [7, 11) is -0.0228. The topological polar surface area (TPSA) is 17.1 Å². The van der Waals surface area contributed by atoms with Crippen LogP contribution in [-0.2, 0) is 4.79 Å². The molecule has 66 valence electrons. The van der Waals surface area contributed by atoms with E-state index in [1.54, 1.807) is 0 Å². The van der Waals surface area contributed by atoms with Crippen LogP contribution in [0.2, 0.25) is 11.6 Å². The van der Waals surface area contributed by atoms with Crippen LogP contribution < -0.4 is 0 Å². The molecule has 0 aliphatic carbocycles. The van der Waals surface area contributed by atoms with Crippen molar-refractivity contribution in [2.75, 3.05) is 0 Å². The van der Waals surface area contributed by atoms with Gasteiger partial charge in [-0.1, -0.05) is 38.3 Å². The highest BCUT2D eigenvalue weighted by Gasteiger charge is 2.04. The summed E-state index contributed by atoms with van der Waals surface area (Å²) in [5.74, 6) is 0. The SMILES string of the molecule is CCC(CC)[SiH2]CCC(=O)Cl. The molecular weight excluding hydrogens is 176 g/mol. The number of hydrogen-bond donors (Lipinski definition) is 0. The van der Waals surface area contributed by atoms with Gasteiger partial charge in [0.15, 0.2) is 0 Å². The van der Waals surface area contributed by atoms with Gasteiger partial charge in [0.25, 0.3) is 0 Å². The van der Waals surface area contributed by atoms with E-state index in [1.165, 1.54) is 12.8 Å². The lowest BCUT2D eigenvalue weighted by Crippen LogP contribution is -2.02. The van der Waals surface area contributed by atoms with Gasteiger partial charge in [-0.15, -0.1) is 0 Å². The first-order chi connectivity index (χ1) is 5.20. The Balaban J connectivity index is 3.28. The van der Waals surface area contributed by atoms with Crippen LogP contribution in [0.1, 0.15) is 33.1 Å². The number of carbonyl (C=O) groups is 1. The Morgan fingerprint density at radius 2 is 2.00 bits per heavy atom. The lowest BCUT2D eigenvalue weighted by Gasteiger charge is -2.09. The summed E-state index contributed by atoms with van der Waals surface area (Å²) in [6, 6.07) is 1.09. The zero-order valence-corrected chi connectivity index (χ0v) is 9.57. The summed E-state index contributed by atoms with van der Waals surface area (Å²) in [5.41, 5.74) is 0.922. The molecule has 0 atom stereocenters. The fourth-order valence-electron chi connectivity index (χ4n) is 1.23. The molecule has 0 aromatic rings. The highest BCUT2D eigenvalue weighted by atomic mass is 35.5. The molecule has 0 aromatic carbocycles. The Kier molecular flexibility index (Phi) is 6.97. The number of halogens is 1. The van der Waals surface area contributed by atoms with Crippen molar-refractivity contribution in [3.05, 3.63) is 0 Å². The second-order valence-electron chi connectivity index (χ2n) is 2.93. The molecule has 0 rings (SSSR count). The van der Waals surface area contributed by atoms with Gasteiger partial charge in [0.1, 0.15) is 0 Å². The molecule has 1 nitrogen and oxygen atoms in total. The van der Waals surface area contributed by atoms with Crippen LogP contribution in [0.4, 0.5) is 0 Å². The fourth-order valence-corrected chi connectivity index (χ4v) is 3.50. The molecule has 0 bridgehead atoms. The van der Waals surface area contributed by atoms with Gasteiger partial charge in [-0.3, -0.25) is 4.79 Å². The van der Waals surface area contributed by atoms with Crippen molar-refractivity contribution in [3.63, 3.8) is 0 Å². The van der Waals surface area contributed by atoms with Crippen molar-refractivity contribution in [2.45, 2.75) is 44.7 Å². The van der Waals surface area contributed by atoms with Gasteiger partial charge in [0.2, 0.25) is 5.24 Å². The molecule has 0 N–H and O–H groups in total. The molecule has 11 heavy (non-hydrogen) atoms. The van der Waals surface area contributed by atoms with Crippen LogP contribution in [0.3, 0.4) is 0 Å². The van der Waals surface area contributed by atoms with Crippen molar-refractivity contribution in [2.24, 2.45) is 0 Å². The van der Waals surface area contributed by atoms with Crippen LogP contribution in [0.15, 0.2) is 0 Å². The first kappa shape index (κ1) is 11.2. The van der Waals surface area contributed by atoms with E-state index in [9.17, 15) is 4.79 Å². The quantitative estimate of drug-likeness (QED) is 0.467. The minimum absolute atomic E-state index is 0.0228. The van der Waals surface area contributed by atoms with Gasteiger partial charge < -0.3 is 0 Å². The lowest BCUT2D eigenvalue weighted by atomic mass is 10.3. The largest absolute Gasteiger partial charge is 0.281 e. The van der Waals surface area contributed by atoms with E-state index >= 15 is 0 Å². The van der Waals surface area contributed by atoms with E-state index in [-0.39, 0.29) is 14.8 Å². The minimum atomic E-state index is -0.163. The normalized spacial score (nSPS) is 11.6. The summed E-state index contributed by atoms with van der Waals surface area (Å²) in [4.78, 5) is 10.4. The minimum Gasteiger partial charge on any atom is -0.281 e. The average molecular weight is 193 g/mol. The van der Waals surface area contributed by atoms with E-state index in [1.807, 2.05) is 0 Å². The number of hydrogen-bond acceptors (Lipinski definition) is 1. The molecule has 3 heteroatoms. The van der Waals surface area contributed by atoms with Gasteiger partial charge in [-0.25, -0.2) is 0 Å². The van der Waals surface area contributed by atoms with Crippen LogP contribution >= 0.6 is 11.6 Å². The van der Waals surface area contributed by atoms with Gasteiger partial charge in [0, 0.05) is 15.9 Å². The predicted octanol–water partition coefficient (Wildman–Crippen LogP) is 2.34. The number of carbonyl (C=O) groups excluding carboxylic acids is 1. The van der Waals surface area contributed by atoms with Gasteiger partial charge in [-0.05, 0) is 11.6 Å². The van der Waals surface area contributed by atoms with Crippen molar-refractivity contribution in [1.82, 2.24) is 0 Å². The third-order valence-electron chi connectivity index (χ3n) is 2.14. The highest BCUT2D eigenvalue weighted by Crippen LogP contribution is 2.15. The molecule has 0 fully saturated rings. The van der Waals surface area contributed by atoms with Crippen molar-refractivity contribution >= 4 is 26.4 Å². The maximum Gasteiger partial charge on any atom is 0.221 e. The molecular formula is C8H17ClOSi. The second kappa shape index (κ2) is 6.86. The van der Waals surface area contributed by atoms with Gasteiger partial charge in [0.05, 0.1) is 0 Å². The van der Waals surface area contributed by atoms with E-state index in [0.717, 1.165) is 11.6 Å². The van der Waals surface area contributed by atoms with Crippen molar-refractivity contribution < 1.29 is 4.79 Å². The summed E-state index contributed by atoms with van der Waals surface area (Å²) >= 11 is 5.23. The van der Waals surface area contributed by atoms with Crippen LogP contribution in [-0.4, -0.2) is 14.8 Å². The van der Waals surface area contributed by atoms with Gasteiger partial charge >= 0.3 is 0 Å². The molecule has 0 saturated heterocycles. The molecule has 0 aromatic heterocycles. The van der Waals surface area contributed by atoms with Crippen LogP contribution in [0, 0.1) is 0 Å². The zero-order chi connectivity index (χ0) is 8.69. The molecule has 0 aliphatic heterocycles.